The van der Waals surface area contributed by atoms with Crippen LogP contribution in [0.15, 0.2) is 23.1 Å². The minimum atomic E-state index is -3.61. The van der Waals surface area contributed by atoms with E-state index in [-0.39, 0.29) is 16.7 Å². The largest absolute Gasteiger partial charge is 0.344 e. The summed E-state index contributed by atoms with van der Waals surface area (Å²) >= 11 is 0. The molecular formula is C16H25N3O4S. The molecule has 8 heteroatoms. The minimum absolute atomic E-state index is 0.107. The third-order valence-electron chi connectivity index (χ3n) is 3.52. The van der Waals surface area contributed by atoms with Crippen LogP contribution in [-0.4, -0.2) is 44.7 Å². The van der Waals surface area contributed by atoms with Gasteiger partial charge in [-0.15, -0.1) is 0 Å². The van der Waals surface area contributed by atoms with E-state index in [4.69, 9.17) is 0 Å². The molecule has 2 amide bonds. The molecule has 1 aromatic carbocycles. The van der Waals surface area contributed by atoms with Crippen LogP contribution in [0.1, 0.15) is 26.3 Å². The molecule has 1 aromatic rings. The first kappa shape index (κ1) is 20.1. The van der Waals surface area contributed by atoms with Gasteiger partial charge in [0, 0.05) is 26.7 Å². The van der Waals surface area contributed by atoms with Crippen molar-refractivity contribution in [3.63, 3.8) is 0 Å². The lowest BCUT2D eigenvalue weighted by atomic mass is 10.0. The number of carbonyl (C=O) groups excluding carboxylic acids is 2. The molecule has 0 bridgehead atoms. The molecular weight excluding hydrogens is 330 g/mol. The molecule has 0 heterocycles. The Kier molecular flexibility index (Phi) is 6.50. The highest BCUT2D eigenvalue weighted by molar-refractivity contribution is 7.89. The highest BCUT2D eigenvalue weighted by atomic mass is 32.2. The second kappa shape index (κ2) is 7.76. The molecule has 1 rings (SSSR count). The number of anilines is 1. The van der Waals surface area contributed by atoms with Gasteiger partial charge >= 0.3 is 0 Å². The number of hydrogen-bond acceptors (Lipinski definition) is 4. The number of nitrogens with zero attached hydrogens (tertiary/aromatic N) is 1. The van der Waals surface area contributed by atoms with E-state index in [0.717, 1.165) is 4.31 Å². The smallest absolute Gasteiger partial charge is 0.247 e. The first-order valence-corrected chi connectivity index (χ1v) is 9.02. The standard InChI is InChI=1S/C16H25N3O4S/c1-10(2)15(17-12(4)20)16(21)18-13-8-7-11(3)14(9-13)24(22,23)19(5)6/h7-10,15H,1-6H3,(H,17,20)(H,18,21). The van der Waals surface area contributed by atoms with Crippen LogP contribution < -0.4 is 10.6 Å². The lowest BCUT2D eigenvalue weighted by Gasteiger charge is -2.21. The van der Waals surface area contributed by atoms with Gasteiger partial charge in [-0.3, -0.25) is 9.59 Å². The minimum Gasteiger partial charge on any atom is -0.344 e. The molecule has 24 heavy (non-hydrogen) atoms. The summed E-state index contributed by atoms with van der Waals surface area (Å²) in [6.45, 7) is 6.67. The van der Waals surface area contributed by atoms with Gasteiger partial charge < -0.3 is 10.6 Å². The van der Waals surface area contributed by atoms with Gasteiger partial charge in [0.2, 0.25) is 21.8 Å². The Hall–Kier alpha value is -1.93. The molecule has 0 aromatic heterocycles. The topological polar surface area (TPSA) is 95.6 Å². The molecule has 0 fully saturated rings. The summed E-state index contributed by atoms with van der Waals surface area (Å²) < 4.78 is 25.8. The zero-order valence-electron chi connectivity index (χ0n) is 14.9. The van der Waals surface area contributed by atoms with Crippen LogP contribution in [0.3, 0.4) is 0 Å². The summed E-state index contributed by atoms with van der Waals surface area (Å²) in [5.41, 5.74) is 0.950. The summed E-state index contributed by atoms with van der Waals surface area (Å²) in [6, 6.07) is 3.99. The summed E-state index contributed by atoms with van der Waals surface area (Å²) in [7, 11) is -0.709. The van der Waals surface area contributed by atoms with Crippen molar-refractivity contribution in [2.45, 2.75) is 38.6 Å². The number of amides is 2. The van der Waals surface area contributed by atoms with E-state index in [1.807, 2.05) is 13.8 Å². The Morgan fingerprint density at radius 3 is 2.21 bits per heavy atom. The molecule has 0 aliphatic heterocycles. The van der Waals surface area contributed by atoms with Crippen LogP contribution in [0, 0.1) is 12.8 Å². The number of sulfonamides is 1. The highest BCUT2D eigenvalue weighted by Gasteiger charge is 2.24. The van der Waals surface area contributed by atoms with Gasteiger partial charge in [-0.2, -0.15) is 0 Å². The SMILES string of the molecule is CC(=O)NC(C(=O)Nc1ccc(C)c(S(=O)(=O)N(C)C)c1)C(C)C. The molecule has 0 saturated carbocycles. The van der Waals surface area contributed by atoms with Crippen LogP contribution >= 0.6 is 0 Å². The molecule has 0 aliphatic rings. The molecule has 1 unspecified atom stereocenters. The molecule has 0 saturated heterocycles. The second-order valence-electron chi connectivity index (χ2n) is 6.18. The zero-order valence-corrected chi connectivity index (χ0v) is 15.7. The Morgan fingerprint density at radius 1 is 1.17 bits per heavy atom. The first-order valence-electron chi connectivity index (χ1n) is 7.58. The fraction of sp³-hybridized carbons (Fsp3) is 0.500. The van der Waals surface area contributed by atoms with Crippen molar-refractivity contribution in [2.75, 3.05) is 19.4 Å². The lowest BCUT2D eigenvalue weighted by molar-refractivity contribution is -0.126. The van der Waals surface area contributed by atoms with E-state index in [1.165, 1.54) is 27.1 Å². The fourth-order valence-electron chi connectivity index (χ4n) is 2.13. The van der Waals surface area contributed by atoms with E-state index in [9.17, 15) is 18.0 Å². The van der Waals surface area contributed by atoms with Gasteiger partial charge in [-0.05, 0) is 30.5 Å². The number of benzene rings is 1. The third-order valence-corrected chi connectivity index (χ3v) is 5.48. The number of hydrogen-bond donors (Lipinski definition) is 2. The normalized spacial score (nSPS) is 13.0. The predicted octanol–water partition coefficient (Wildman–Crippen LogP) is 1.34. The van der Waals surface area contributed by atoms with Crippen LogP contribution in [0.4, 0.5) is 5.69 Å². The molecule has 0 radical (unpaired) electrons. The fourth-order valence-corrected chi connectivity index (χ4v) is 3.27. The van der Waals surface area contributed by atoms with Crippen molar-refractivity contribution in [1.29, 1.82) is 0 Å². The van der Waals surface area contributed by atoms with Crippen LogP contribution in [-0.2, 0) is 19.6 Å². The summed E-state index contributed by atoms with van der Waals surface area (Å²) in [5.74, 6) is -0.801. The Bertz CT molecular complexity index is 727. The molecule has 1 atom stereocenters. The summed E-state index contributed by atoms with van der Waals surface area (Å²) in [4.78, 5) is 23.8. The van der Waals surface area contributed by atoms with Crippen LogP contribution in [0.2, 0.25) is 0 Å². The van der Waals surface area contributed by atoms with Gasteiger partial charge in [0.25, 0.3) is 0 Å². The van der Waals surface area contributed by atoms with E-state index in [1.54, 1.807) is 19.1 Å². The molecule has 0 aliphatic carbocycles. The first-order chi connectivity index (χ1) is 11.0. The quantitative estimate of drug-likeness (QED) is 0.805. The Labute approximate surface area is 143 Å². The van der Waals surface area contributed by atoms with Crippen LogP contribution in [0.5, 0.6) is 0 Å². The maximum Gasteiger partial charge on any atom is 0.247 e. The average Bonchev–Trinajstić information content (AvgIpc) is 2.45. The average molecular weight is 355 g/mol. The summed E-state index contributed by atoms with van der Waals surface area (Å²) in [5, 5.41) is 5.27. The number of nitrogens with one attached hydrogen (secondary N) is 2. The van der Waals surface area contributed by atoms with Crippen molar-refractivity contribution in [2.24, 2.45) is 5.92 Å². The van der Waals surface area contributed by atoms with E-state index in [0.29, 0.717) is 11.3 Å². The molecule has 7 nitrogen and oxygen atoms in total. The van der Waals surface area contributed by atoms with Gasteiger partial charge in [0.1, 0.15) is 6.04 Å². The van der Waals surface area contributed by atoms with Gasteiger partial charge in [0.05, 0.1) is 4.90 Å². The molecule has 2 N–H and O–H groups in total. The van der Waals surface area contributed by atoms with Crippen molar-refractivity contribution >= 4 is 27.5 Å². The van der Waals surface area contributed by atoms with Crippen molar-refractivity contribution in [3.05, 3.63) is 23.8 Å². The van der Waals surface area contributed by atoms with E-state index >= 15 is 0 Å². The number of rotatable bonds is 6. The lowest BCUT2D eigenvalue weighted by Crippen LogP contribution is -2.46. The number of aryl methyl sites for hydroxylation is 1. The van der Waals surface area contributed by atoms with E-state index in [2.05, 4.69) is 10.6 Å². The van der Waals surface area contributed by atoms with E-state index < -0.39 is 22.0 Å². The highest BCUT2D eigenvalue weighted by Crippen LogP contribution is 2.22. The van der Waals surface area contributed by atoms with Gasteiger partial charge in [-0.25, -0.2) is 12.7 Å². The summed E-state index contributed by atoms with van der Waals surface area (Å²) in [6.07, 6.45) is 0. The van der Waals surface area contributed by atoms with Gasteiger partial charge in [-0.1, -0.05) is 19.9 Å². The molecule has 0 spiro atoms. The zero-order chi connectivity index (χ0) is 18.7. The second-order valence-corrected chi connectivity index (χ2v) is 8.30. The monoisotopic (exact) mass is 355 g/mol. The molecule has 134 valence electrons. The van der Waals surface area contributed by atoms with Crippen LogP contribution in [0.25, 0.3) is 0 Å². The Balaban J connectivity index is 3.12. The van der Waals surface area contributed by atoms with Crippen molar-refractivity contribution in [1.82, 2.24) is 9.62 Å². The third kappa shape index (κ3) is 4.78. The van der Waals surface area contributed by atoms with Gasteiger partial charge in [0.15, 0.2) is 0 Å². The maximum absolute atomic E-state index is 12.4. The van der Waals surface area contributed by atoms with Crippen molar-refractivity contribution < 1.29 is 18.0 Å². The predicted molar refractivity (Wildman–Crippen MR) is 93.1 cm³/mol. The Morgan fingerprint density at radius 2 is 1.75 bits per heavy atom. The maximum atomic E-state index is 12.4. The van der Waals surface area contributed by atoms with Crippen molar-refractivity contribution in [3.8, 4) is 0 Å². The number of carbonyl (C=O) groups is 2.